The van der Waals surface area contributed by atoms with E-state index < -0.39 is 10.0 Å². The van der Waals surface area contributed by atoms with Crippen LogP contribution in [0.25, 0.3) is 0 Å². The van der Waals surface area contributed by atoms with Gasteiger partial charge in [0.15, 0.2) is 0 Å². The highest BCUT2D eigenvalue weighted by molar-refractivity contribution is 7.89. The van der Waals surface area contributed by atoms with Crippen LogP contribution in [0.1, 0.15) is 6.42 Å². The molecule has 4 nitrogen and oxygen atoms in total. The van der Waals surface area contributed by atoms with Crippen molar-refractivity contribution in [2.24, 2.45) is 0 Å². The van der Waals surface area contributed by atoms with Crippen LogP contribution in [0, 0.1) is 12.3 Å². The number of nitrogens with one attached hydrogen (secondary N) is 1. The van der Waals surface area contributed by atoms with Crippen LogP contribution < -0.4 is 10.5 Å². The van der Waals surface area contributed by atoms with Crippen molar-refractivity contribution >= 4 is 27.3 Å². The summed E-state index contributed by atoms with van der Waals surface area (Å²) in [5.74, 6) is 2.34. The molecular weight excluding hydrogens is 248 g/mol. The molecular formula is C10H11ClN2O2S. The van der Waals surface area contributed by atoms with Crippen LogP contribution >= 0.6 is 11.6 Å². The van der Waals surface area contributed by atoms with Gasteiger partial charge >= 0.3 is 0 Å². The molecule has 0 aromatic heterocycles. The average Bonchev–Trinajstić information content (AvgIpc) is 2.17. The van der Waals surface area contributed by atoms with Crippen molar-refractivity contribution < 1.29 is 8.42 Å². The van der Waals surface area contributed by atoms with Gasteiger partial charge in [0.25, 0.3) is 0 Å². The summed E-state index contributed by atoms with van der Waals surface area (Å²) in [6.07, 6.45) is 5.34. The molecule has 1 aromatic carbocycles. The van der Waals surface area contributed by atoms with E-state index in [0.29, 0.717) is 12.1 Å². The zero-order valence-corrected chi connectivity index (χ0v) is 9.98. The van der Waals surface area contributed by atoms with Gasteiger partial charge < -0.3 is 5.73 Å². The van der Waals surface area contributed by atoms with Crippen molar-refractivity contribution in [3.8, 4) is 12.3 Å². The molecule has 0 atom stereocenters. The van der Waals surface area contributed by atoms with Crippen LogP contribution in [0.3, 0.4) is 0 Å². The monoisotopic (exact) mass is 258 g/mol. The van der Waals surface area contributed by atoms with Gasteiger partial charge in [-0.1, -0.05) is 11.6 Å². The average molecular weight is 259 g/mol. The van der Waals surface area contributed by atoms with E-state index in [1.165, 1.54) is 18.2 Å². The Kier molecular flexibility index (Phi) is 4.19. The number of anilines is 1. The predicted octanol–water partition coefficient (Wildman–Crippen LogP) is 1.22. The minimum absolute atomic E-state index is 0.000359. The van der Waals surface area contributed by atoms with Crippen molar-refractivity contribution in [3.05, 3.63) is 23.2 Å². The van der Waals surface area contributed by atoms with Gasteiger partial charge in [0.2, 0.25) is 10.0 Å². The molecule has 3 N–H and O–H groups in total. The number of benzene rings is 1. The van der Waals surface area contributed by atoms with Crippen LogP contribution in [0.15, 0.2) is 23.1 Å². The van der Waals surface area contributed by atoms with E-state index in [-0.39, 0.29) is 16.5 Å². The van der Waals surface area contributed by atoms with Gasteiger partial charge in [0.1, 0.15) is 4.90 Å². The molecule has 0 heterocycles. The molecule has 0 saturated heterocycles. The Labute approximate surface area is 99.8 Å². The standard InChI is InChI=1S/C10H11ClN2O2S/c1-2-3-6-13-16(14,15)10-5-4-8(12)7-9(10)11/h1,4-5,7,13H,3,6,12H2. The molecule has 0 unspecified atom stereocenters. The molecule has 1 aromatic rings. The summed E-state index contributed by atoms with van der Waals surface area (Å²) in [5, 5.41) is 0.0909. The van der Waals surface area contributed by atoms with E-state index >= 15 is 0 Å². The first kappa shape index (κ1) is 12.8. The van der Waals surface area contributed by atoms with Gasteiger partial charge in [-0.3, -0.25) is 0 Å². The lowest BCUT2D eigenvalue weighted by atomic mass is 10.3. The second kappa shape index (κ2) is 5.21. The third-order valence-corrected chi connectivity index (χ3v) is 3.75. The van der Waals surface area contributed by atoms with Crippen LogP contribution in [0.2, 0.25) is 5.02 Å². The fraction of sp³-hybridized carbons (Fsp3) is 0.200. The number of nitrogens with two attached hydrogens (primary N) is 1. The number of rotatable bonds is 4. The number of terminal acetylenes is 1. The SMILES string of the molecule is C#CCCNS(=O)(=O)c1ccc(N)cc1Cl. The highest BCUT2D eigenvalue weighted by atomic mass is 35.5. The van der Waals surface area contributed by atoms with Crippen LogP contribution in [-0.2, 0) is 10.0 Å². The Hall–Kier alpha value is -1.22. The molecule has 0 saturated carbocycles. The Morgan fingerprint density at radius 1 is 1.50 bits per heavy atom. The van der Waals surface area contributed by atoms with Gasteiger partial charge in [-0.05, 0) is 18.2 Å². The Morgan fingerprint density at radius 3 is 2.75 bits per heavy atom. The quantitative estimate of drug-likeness (QED) is 0.485. The van der Waals surface area contributed by atoms with Crippen molar-refractivity contribution in [1.29, 1.82) is 0 Å². The van der Waals surface area contributed by atoms with Crippen LogP contribution in [0.5, 0.6) is 0 Å². The molecule has 0 bridgehead atoms. The van der Waals surface area contributed by atoms with Crippen molar-refractivity contribution in [2.45, 2.75) is 11.3 Å². The first-order chi connectivity index (χ1) is 7.47. The van der Waals surface area contributed by atoms with Crippen LogP contribution in [0.4, 0.5) is 5.69 Å². The van der Waals surface area contributed by atoms with E-state index in [0.717, 1.165) is 0 Å². The van der Waals surface area contributed by atoms with Crippen LogP contribution in [-0.4, -0.2) is 15.0 Å². The highest BCUT2D eigenvalue weighted by Crippen LogP contribution is 2.23. The summed E-state index contributed by atoms with van der Waals surface area (Å²) in [6.45, 7) is 0.180. The number of halogens is 1. The third kappa shape index (κ3) is 3.14. The lowest BCUT2D eigenvalue weighted by Gasteiger charge is -2.07. The molecule has 0 amide bonds. The number of nitrogen functional groups attached to an aromatic ring is 1. The molecule has 6 heteroatoms. The maximum absolute atomic E-state index is 11.7. The lowest BCUT2D eigenvalue weighted by molar-refractivity contribution is 0.582. The normalized spacial score (nSPS) is 11.0. The fourth-order valence-corrected chi connectivity index (χ4v) is 2.65. The van der Waals surface area contributed by atoms with Gasteiger partial charge in [0, 0.05) is 18.7 Å². The molecule has 1 rings (SSSR count). The first-order valence-electron chi connectivity index (χ1n) is 4.45. The second-order valence-electron chi connectivity index (χ2n) is 3.04. The Balaban J connectivity index is 2.95. The summed E-state index contributed by atoms with van der Waals surface area (Å²) in [4.78, 5) is 0.000359. The summed E-state index contributed by atoms with van der Waals surface area (Å²) in [5.41, 5.74) is 5.88. The number of hydrogen-bond acceptors (Lipinski definition) is 3. The molecule has 0 aliphatic rings. The molecule has 0 fully saturated rings. The topological polar surface area (TPSA) is 72.2 Å². The predicted molar refractivity (Wildman–Crippen MR) is 64.5 cm³/mol. The molecule has 0 aliphatic heterocycles. The van der Waals surface area contributed by atoms with E-state index in [4.69, 9.17) is 23.8 Å². The number of hydrogen-bond donors (Lipinski definition) is 2. The van der Waals surface area contributed by atoms with E-state index in [1.54, 1.807) is 0 Å². The zero-order chi connectivity index (χ0) is 12.2. The van der Waals surface area contributed by atoms with Crippen molar-refractivity contribution in [3.63, 3.8) is 0 Å². The minimum Gasteiger partial charge on any atom is -0.399 e. The zero-order valence-electron chi connectivity index (χ0n) is 8.40. The maximum Gasteiger partial charge on any atom is 0.242 e. The highest BCUT2D eigenvalue weighted by Gasteiger charge is 2.16. The maximum atomic E-state index is 11.7. The molecule has 16 heavy (non-hydrogen) atoms. The molecule has 0 radical (unpaired) electrons. The number of sulfonamides is 1. The van der Waals surface area contributed by atoms with E-state index in [1.807, 2.05) is 0 Å². The smallest absolute Gasteiger partial charge is 0.242 e. The molecule has 86 valence electrons. The van der Waals surface area contributed by atoms with Gasteiger partial charge in [0.05, 0.1) is 5.02 Å². The lowest BCUT2D eigenvalue weighted by Crippen LogP contribution is -2.24. The summed E-state index contributed by atoms with van der Waals surface area (Å²) in [7, 11) is -3.61. The van der Waals surface area contributed by atoms with Crippen molar-refractivity contribution in [2.75, 3.05) is 12.3 Å². The summed E-state index contributed by atoms with van der Waals surface area (Å²) < 4.78 is 25.8. The fourth-order valence-electron chi connectivity index (χ4n) is 1.07. The summed E-state index contributed by atoms with van der Waals surface area (Å²) in [6, 6.07) is 4.22. The van der Waals surface area contributed by atoms with E-state index in [2.05, 4.69) is 10.6 Å². The Morgan fingerprint density at radius 2 is 2.19 bits per heavy atom. The second-order valence-corrected chi connectivity index (χ2v) is 5.18. The van der Waals surface area contributed by atoms with Gasteiger partial charge in [-0.25, -0.2) is 13.1 Å². The Bertz CT molecular complexity index is 520. The molecule has 0 spiro atoms. The summed E-state index contributed by atoms with van der Waals surface area (Å²) >= 11 is 5.79. The van der Waals surface area contributed by atoms with Crippen molar-refractivity contribution in [1.82, 2.24) is 4.72 Å². The minimum atomic E-state index is -3.61. The van der Waals surface area contributed by atoms with Gasteiger partial charge in [-0.15, -0.1) is 12.3 Å². The van der Waals surface area contributed by atoms with E-state index in [9.17, 15) is 8.42 Å². The largest absolute Gasteiger partial charge is 0.399 e. The van der Waals surface area contributed by atoms with Gasteiger partial charge in [-0.2, -0.15) is 0 Å². The first-order valence-corrected chi connectivity index (χ1v) is 6.31. The molecule has 0 aliphatic carbocycles. The third-order valence-electron chi connectivity index (χ3n) is 1.81.